The van der Waals surface area contributed by atoms with Crippen LogP contribution in [0.3, 0.4) is 0 Å². The Kier molecular flexibility index (Phi) is 3.86. The van der Waals surface area contributed by atoms with Crippen molar-refractivity contribution < 1.29 is 4.79 Å². The maximum atomic E-state index is 11.6. The van der Waals surface area contributed by atoms with Gasteiger partial charge in [0.25, 0.3) is 0 Å². The lowest BCUT2D eigenvalue weighted by Crippen LogP contribution is -2.32. The molecule has 1 aromatic carbocycles. The number of aromatic nitrogens is 4. The molecule has 7 nitrogen and oxygen atoms in total. The van der Waals surface area contributed by atoms with E-state index in [2.05, 4.69) is 20.8 Å². The minimum Gasteiger partial charge on any atom is -0.325 e. The fourth-order valence-corrected chi connectivity index (χ4v) is 1.62. The molecule has 0 radical (unpaired) electrons. The number of carbonyl (C=O) groups is 1. The Labute approximate surface area is 110 Å². The molecule has 0 saturated carbocycles. The molecular formula is C12H16N6O. The number of benzene rings is 1. The summed E-state index contributed by atoms with van der Waals surface area (Å²) in [6.45, 7) is 4.27. The van der Waals surface area contributed by atoms with Crippen LogP contribution in [0.15, 0.2) is 24.3 Å². The predicted octanol–water partition coefficient (Wildman–Crippen LogP) is 0.646. The predicted molar refractivity (Wildman–Crippen MR) is 71.2 cm³/mol. The van der Waals surface area contributed by atoms with E-state index in [1.54, 1.807) is 17.7 Å². The van der Waals surface area contributed by atoms with Gasteiger partial charge in [-0.3, -0.25) is 4.79 Å². The van der Waals surface area contributed by atoms with Crippen LogP contribution in [0.1, 0.15) is 13.8 Å². The van der Waals surface area contributed by atoms with Crippen molar-refractivity contribution in [1.82, 2.24) is 20.2 Å². The zero-order valence-corrected chi connectivity index (χ0v) is 10.9. The SMILES string of the molecule is CCn1nnnc1-c1cccc(NC(=O)[C@H](C)N)c1. The first-order chi connectivity index (χ1) is 9.11. The molecule has 1 amide bonds. The largest absolute Gasteiger partial charge is 0.325 e. The quantitative estimate of drug-likeness (QED) is 0.840. The average Bonchev–Trinajstić information content (AvgIpc) is 2.87. The molecule has 0 aliphatic carbocycles. The van der Waals surface area contributed by atoms with Gasteiger partial charge >= 0.3 is 0 Å². The number of anilines is 1. The molecule has 1 atom stereocenters. The second-order valence-electron chi connectivity index (χ2n) is 4.18. The van der Waals surface area contributed by atoms with E-state index in [0.717, 1.165) is 5.56 Å². The van der Waals surface area contributed by atoms with Gasteiger partial charge in [0, 0.05) is 17.8 Å². The normalized spacial score (nSPS) is 12.2. The van der Waals surface area contributed by atoms with Crippen LogP contribution in [0.5, 0.6) is 0 Å². The fourth-order valence-electron chi connectivity index (χ4n) is 1.62. The van der Waals surface area contributed by atoms with Crippen molar-refractivity contribution in [2.24, 2.45) is 5.73 Å². The minimum atomic E-state index is -0.551. The third-order valence-corrected chi connectivity index (χ3v) is 2.63. The number of amides is 1. The van der Waals surface area contributed by atoms with Gasteiger partial charge in [0.2, 0.25) is 5.91 Å². The monoisotopic (exact) mass is 260 g/mol. The van der Waals surface area contributed by atoms with Crippen molar-refractivity contribution in [3.05, 3.63) is 24.3 Å². The van der Waals surface area contributed by atoms with E-state index in [-0.39, 0.29) is 5.91 Å². The average molecular weight is 260 g/mol. The molecular weight excluding hydrogens is 244 g/mol. The summed E-state index contributed by atoms with van der Waals surface area (Å²) >= 11 is 0. The van der Waals surface area contributed by atoms with Crippen LogP contribution < -0.4 is 11.1 Å². The van der Waals surface area contributed by atoms with Gasteiger partial charge in [0.05, 0.1) is 6.04 Å². The molecule has 0 unspecified atom stereocenters. The van der Waals surface area contributed by atoms with Gasteiger partial charge in [-0.05, 0) is 36.4 Å². The van der Waals surface area contributed by atoms with Gasteiger partial charge < -0.3 is 11.1 Å². The van der Waals surface area contributed by atoms with Crippen molar-refractivity contribution >= 4 is 11.6 Å². The lowest BCUT2D eigenvalue weighted by Gasteiger charge is -2.09. The Hall–Kier alpha value is -2.28. The first-order valence-corrected chi connectivity index (χ1v) is 6.05. The number of nitrogens with one attached hydrogen (secondary N) is 1. The number of nitrogens with two attached hydrogens (primary N) is 1. The molecule has 0 saturated heterocycles. The summed E-state index contributed by atoms with van der Waals surface area (Å²) in [4.78, 5) is 11.6. The zero-order valence-electron chi connectivity index (χ0n) is 10.9. The molecule has 1 heterocycles. The Bertz CT molecular complexity index is 577. The molecule has 3 N–H and O–H groups in total. The third-order valence-electron chi connectivity index (χ3n) is 2.63. The lowest BCUT2D eigenvalue weighted by molar-refractivity contribution is -0.117. The molecule has 0 fully saturated rings. The molecule has 7 heteroatoms. The highest BCUT2D eigenvalue weighted by Gasteiger charge is 2.10. The van der Waals surface area contributed by atoms with Crippen molar-refractivity contribution in [3.8, 4) is 11.4 Å². The van der Waals surface area contributed by atoms with E-state index < -0.39 is 6.04 Å². The summed E-state index contributed by atoms with van der Waals surface area (Å²) in [5.41, 5.74) is 7.03. The number of carbonyl (C=O) groups excluding carboxylic acids is 1. The number of hydrogen-bond acceptors (Lipinski definition) is 5. The van der Waals surface area contributed by atoms with Gasteiger partial charge in [-0.25, -0.2) is 4.68 Å². The summed E-state index contributed by atoms with van der Waals surface area (Å²) in [7, 11) is 0. The Balaban J connectivity index is 2.27. The zero-order chi connectivity index (χ0) is 13.8. The molecule has 0 aliphatic heterocycles. The minimum absolute atomic E-state index is 0.229. The van der Waals surface area contributed by atoms with E-state index >= 15 is 0 Å². The maximum absolute atomic E-state index is 11.6. The molecule has 0 spiro atoms. The van der Waals surface area contributed by atoms with Gasteiger partial charge in [-0.15, -0.1) is 5.10 Å². The van der Waals surface area contributed by atoms with Crippen LogP contribution in [0.4, 0.5) is 5.69 Å². The van der Waals surface area contributed by atoms with Crippen LogP contribution in [0.25, 0.3) is 11.4 Å². The molecule has 2 rings (SSSR count). The summed E-state index contributed by atoms with van der Waals surface area (Å²) < 4.78 is 1.69. The van der Waals surface area contributed by atoms with Crippen LogP contribution >= 0.6 is 0 Å². The molecule has 19 heavy (non-hydrogen) atoms. The van der Waals surface area contributed by atoms with Crippen LogP contribution in [-0.2, 0) is 11.3 Å². The summed E-state index contributed by atoms with van der Waals surface area (Å²) in [6.07, 6.45) is 0. The highest BCUT2D eigenvalue weighted by molar-refractivity contribution is 5.94. The van der Waals surface area contributed by atoms with Crippen molar-refractivity contribution in [2.75, 3.05) is 5.32 Å². The van der Waals surface area contributed by atoms with Gasteiger partial charge in [0.15, 0.2) is 5.82 Å². The maximum Gasteiger partial charge on any atom is 0.240 e. The Morgan fingerprint density at radius 1 is 1.53 bits per heavy atom. The Morgan fingerprint density at radius 3 is 3.00 bits per heavy atom. The molecule has 2 aromatic rings. The van der Waals surface area contributed by atoms with Crippen LogP contribution in [-0.4, -0.2) is 32.2 Å². The summed E-state index contributed by atoms with van der Waals surface area (Å²) in [6, 6.07) is 6.78. The van der Waals surface area contributed by atoms with E-state index in [0.29, 0.717) is 18.1 Å². The van der Waals surface area contributed by atoms with Crippen LogP contribution in [0.2, 0.25) is 0 Å². The van der Waals surface area contributed by atoms with Crippen molar-refractivity contribution in [2.45, 2.75) is 26.4 Å². The molecule has 1 aromatic heterocycles. The van der Waals surface area contributed by atoms with Crippen LogP contribution in [0, 0.1) is 0 Å². The third kappa shape index (κ3) is 2.94. The van der Waals surface area contributed by atoms with E-state index in [1.807, 2.05) is 25.1 Å². The summed E-state index contributed by atoms with van der Waals surface area (Å²) in [5, 5.41) is 14.2. The standard InChI is InChI=1S/C12H16N6O/c1-3-18-11(15-16-17-18)9-5-4-6-10(7-9)14-12(19)8(2)13/h4-8H,3,13H2,1-2H3,(H,14,19)/t8-/m0/s1. The summed E-state index contributed by atoms with van der Waals surface area (Å²) in [5.74, 6) is 0.437. The number of rotatable bonds is 4. The number of aryl methyl sites for hydroxylation is 1. The van der Waals surface area contributed by atoms with Gasteiger partial charge in [0.1, 0.15) is 0 Å². The smallest absolute Gasteiger partial charge is 0.240 e. The number of hydrogen-bond donors (Lipinski definition) is 2. The van der Waals surface area contributed by atoms with Gasteiger partial charge in [-0.2, -0.15) is 0 Å². The van der Waals surface area contributed by atoms with E-state index in [1.165, 1.54) is 0 Å². The first kappa shape index (κ1) is 13.2. The second-order valence-corrected chi connectivity index (χ2v) is 4.18. The Morgan fingerprint density at radius 2 is 2.32 bits per heavy atom. The molecule has 0 bridgehead atoms. The number of tetrazole rings is 1. The topological polar surface area (TPSA) is 98.7 Å². The molecule has 100 valence electrons. The highest BCUT2D eigenvalue weighted by Crippen LogP contribution is 2.20. The van der Waals surface area contributed by atoms with E-state index in [4.69, 9.17) is 5.73 Å². The second kappa shape index (κ2) is 5.57. The van der Waals surface area contributed by atoms with Crippen molar-refractivity contribution in [1.29, 1.82) is 0 Å². The lowest BCUT2D eigenvalue weighted by atomic mass is 10.2. The highest BCUT2D eigenvalue weighted by atomic mass is 16.2. The fraction of sp³-hybridized carbons (Fsp3) is 0.333. The van der Waals surface area contributed by atoms with E-state index in [9.17, 15) is 4.79 Å². The number of nitrogens with zero attached hydrogens (tertiary/aromatic N) is 4. The first-order valence-electron chi connectivity index (χ1n) is 6.05. The molecule has 0 aliphatic rings. The van der Waals surface area contributed by atoms with Gasteiger partial charge in [-0.1, -0.05) is 12.1 Å². The van der Waals surface area contributed by atoms with Crippen molar-refractivity contribution in [3.63, 3.8) is 0 Å².